The largest absolute Gasteiger partial charge is 0.461 e. The fourth-order valence-corrected chi connectivity index (χ4v) is 4.79. The molecule has 174 valence electrons. The summed E-state index contributed by atoms with van der Waals surface area (Å²) in [5, 5.41) is 11.7. The van der Waals surface area contributed by atoms with E-state index >= 15 is 0 Å². The Hall–Kier alpha value is -4.30. The Morgan fingerprint density at radius 1 is 1.03 bits per heavy atom. The van der Waals surface area contributed by atoms with Crippen molar-refractivity contribution in [1.82, 2.24) is 9.78 Å². The molecule has 2 aromatic heterocycles. The molecule has 0 saturated heterocycles. The predicted octanol–water partition coefficient (Wildman–Crippen LogP) is 5.34. The van der Waals surface area contributed by atoms with Gasteiger partial charge in [-0.05, 0) is 48.9 Å². The number of hydrogen-bond acceptors (Lipinski definition) is 6. The minimum absolute atomic E-state index is 0.0180. The summed E-state index contributed by atoms with van der Waals surface area (Å²) in [5.74, 6) is -0.987. The number of esters is 1. The Balaban J connectivity index is 1.62. The molecular formula is C27H21N3O4S. The van der Waals surface area contributed by atoms with E-state index in [0.29, 0.717) is 21.6 Å². The molecule has 0 radical (unpaired) electrons. The molecular weight excluding hydrogens is 462 g/mol. The Morgan fingerprint density at radius 3 is 2.51 bits per heavy atom. The molecule has 0 aliphatic heterocycles. The van der Waals surface area contributed by atoms with Crippen molar-refractivity contribution in [2.24, 2.45) is 0 Å². The molecule has 0 atom stereocenters. The van der Waals surface area contributed by atoms with Gasteiger partial charge in [-0.15, -0.1) is 11.3 Å². The minimum atomic E-state index is -0.636. The van der Waals surface area contributed by atoms with Crippen LogP contribution in [0, 0.1) is 6.92 Å². The van der Waals surface area contributed by atoms with Gasteiger partial charge in [0.05, 0.1) is 17.7 Å². The third-order valence-corrected chi connectivity index (χ3v) is 6.53. The second-order valence-corrected chi connectivity index (χ2v) is 8.87. The normalized spacial score (nSPS) is 11.0. The van der Waals surface area contributed by atoms with Gasteiger partial charge in [-0.2, -0.15) is 9.78 Å². The van der Waals surface area contributed by atoms with Crippen molar-refractivity contribution in [2.75, 3.05) is 11.9 Å². The van der Waals surface area contributed by atoms with E-state index in [0.717, 1.165) is 16.3 Å². The molecule has 0 aliphatic rings. The van der Waals surface area contributed by atoms with Crippen LogP contribution >= 0.6 is 11.3 Å². The van der Waals surface area contributed by atoms with Gasteiger partial charge in [0, 0.05) is 16.3 Å². The number of nitrogens with zero attached hydrogens (tertiary/aromatic N) is 2. The number of nitrogens with one attached hydrogen (secondary N) is 1. The topological polar surface area (TPSA) is 90.3 Å². The van der Waals surface area contributed by atoms with E-state index in [4.69, 9.17) is 4.74 Å². The number of aromatic nitrogens is 2. The van der Waals surface area contributed by atoms with Crippen LogP contribution in [0.1, 0.15) is 33.3 Å². The highest BCUT2D eigenvalue weighted by Crippen LogP contribution is 2.31. The van der Waals surface area contributed by atoms with E-state index in [1.165, 1.54) is 16.0 Å². The Morgan fingerprint density at radius 2 is 1.77 bits per heavy atom. The lowest BCUT2D eigenvalue weighted by molar-refractivity contribution is 0.0520. The molecule has 3 aromatic carbocycles. The summed E-state index contributed by atoms with van der Waals surface area (Å²) in [5.41, 5.74) is 1.57. The van der Waals surface area contributed by atoms with Crippen molar-refractivity contribution in [3.63, 3.8) is 0 Å². The number of carbonyl (C=O) groups excluding carboxylic acids is 2. The zero-order chi connectivity index (χ0) is 24.5. The molecule has 0 spiro atoms. The summed E-state index contributed by atoms with van der Waals surface area (Å²) in [4.78, 5) is 39.3. The maximum Gasteiger partial charge on any atom is 0.359 e. The maximum absolute atomic E-state index is 13.5. The van der Waals surface area contributed by atoms with Crippen LogP contribution in [0.5, 0.6) is 0 Å². The quantitative estimate of drug-likeness (QED) is 0.341. The van der Waals surface area contributed by atoms with Gasteiger partial charge in [0.1, 0.15) is 5.00 Å². The van der Waals surface area contributed by atoms with Crippen LogP contribution < -0.4 is 10.9 Å². The van der Waals surface area contributed by atoms with Gasteiger partial charge in [-0.1, -0.05) is 48.0 Å². The third-order valence-electron chi connectivity index (χ3n) is 5.64. The van der Waals surface area contributed by atoms with E-state index in [-0.39, 0.29) is 23.6 Å². The highest BCUT2D eigenvalue weighted by atomic mass is 32.1. The fourth-order valence-electron chi connectivity index (χ4n) is 3.86. The lowest BCUT2D eigenvalue weighted by atomic mass is 10.1. The number of ether oxygens (including phenoxy) is 1. The van der Waals surface area contributed by atoms with Gasteiger partial charge in [0.2, 0.25) is 0 Å². The second kappa shape index (κ2) is 9.15. The summed E-state index contributed by atoms with van der Waals surface area (Å²) in [6.07, 6.45) is 0. The molecule has 1 N–H and O–H groups in total. The lowest BCUT2D eigenvalue weighted by Crippen LogP contribution is -2.25. The molecule has 0 bridgehead atoms. The van der Waals surface area contributed by atoms with Gasteiger partial charge in [-0.25, -0.2) is 4.79 Å². The maximum atomic E-state index is 13.5. The standard InChI is InChI=1S/C27H21N3O4S/c1-3-34-27(33)23-21-15-35-25(22(21)26(32)30(29-23)20-12-8-16(2)9-13-20)28-24(31)19-11-10-17-6-4-5-7-18(17)14-19/h4-15H,3H2,1-2H3,(H,28,31). The van der Waals surface area contributed by atoms with Gasteiger partial charge in [0.25, 0.3) is 11.5 Å². The molecule has 0 unspecified atom stereocenters. The van der Waals surface area contributed by atoms with Crippen molar-refractivity contribution >= 4 is 49.8 Å². The zero-order valence-corrected chi connectivity index (χ0v) is 19.9. The third kappa shape index (κ3) is 4.20. The molecule has 0 aliphatic carbocycles. The smallest absolute Gasteiger partial charge is 0.359 e. The Labute approximate surface area is 204 Å². The molecule has 7 nitrogen and oxygen atoms in total. The Bertz CT molecular complexity index is 1650. The number of anilines is 1. The predicted molar refractivity (Wildman–Crippen MR) is 138 cm³/mol. The van der Waals surface area contributed by atoms with Crippen LogP contribution in [0.15, 0.2) is 76.9 Å². The summed E-state index contributed by atoms with van der Waals surface area (Å²) in [7, 11) is 0. The first-order chi connectivity index (χ1) is 17.0. The molecule has 1 amide bonds. The van der Waals surface area contributed by atoms with Crippen LogP contribution in [0.25, 0.3) is 27.2 Å². The minimum Gasteiger partial charge on any atom is -0.461 e. The lowest BCUT2D eigenvalue weighted by Gasteiger charge is -2.10. The molecule has 0 saturated carbocycles. The van der Waals surface area contributed by atoms with E-state index in [9.17, 15) is 14.4 Å². The molecule has 0 fully saturated rings. The van der Waals surface area contributed by atoms with E-state index in [1.807, 2.05) is 49.4 Å². The summed E-state index contributed by atoms with van der Waals surface area (Å²) in [6, 6.07) is 20.4. The van der Waals surface area contributed by atoms with Crippen LogP contribution in [-0.2, 0) is 4.74 Å². The molecule has 5 aromatic rings. The first-order valence-corrected chi connectivity index (χ1v) is 11.9. The highest BCUT2D eigenvalue weighted by molar-refractivity contribution is 7.16. The van der Waals surface area contributed by atoms with E-state index in [2.05, 4.69) is 10.4 Å². The van der Waals surface area contributed by atoms with Gasteiger partial charge >= 0.3 is 5.97 Å². The second-order valence-electron chi connectivity index (χ2n) is 7.99. The highest BCUT2D eigenvalue weighted by Gasteiger charge is 2.23. The van der Waals surface area contributed by atoms with Gasteiger partial charge in [-0.3, -0.25) is 9.59 Å². The fraction of sp³-hybridized carbons (Fsp3) is 0.111. The summed E-state index contributed by atoms with van der Waals surface area (Å²) >= 11 is 1.17. The monoisotopic (exact) mass is 483 g/mol. The van der Waals surface area contributed by atoms with Crippen LogP contribution in [0.2, 0.25) is 0 Å². The van der Waals surface area contributed by atoms with Gasteiger partial charge in [0.15, 0.2) is 5.69 Å². The Kier molecular flexibility index (Phi) is 5.88. The van der Waals surface area contributed by atoms with Gasteiger partial charge < -0.3 is 10.1 Å². The number of aryl methyl sites for hydroxylation is 1. The van der Waals surface area contributed by atoms with E-state index < -0.39 is 11.5 Å². The van der Waals surface area contributed by atoms with Crippen molar-refractivity contribution in [3.8, 4) is 5.69 Å². The number of benzene rings is 3. The van der Waals surface area contributed by atoms with E-state index in [1.54, 1.807) is 36.6 Å². The number of carbonyl (C=O) groups is 2. The van der Waals surface area contributed by atoms with Crippen molar-refractivity contribution in [1.29, 1.82) is 0 Å². The summed E-state index contributed by atoms with van der Waals surface area (Å²) < 4.78 is 6.36. The van der Waals surface area contributed by atoms with Crippen LogP contribution in [-0.4, -0.2) is 28.3 Å². The number of amides is 1. The molecule has 5 rings (SSSR count). The van der Waals surface area contributed by atoms with Crippen molar-refractivity contribution < 1.29 is 14.3 Å². The average molecular weight is 484 g/mol. The van der Waals surface area contributed by atoms with Crippen LogP contribution in [0.3, 0.4) is 0 Å². The van der Waals surface area contributed by atoms with Crippen molar-refractivity contribution in [3.05, 3.63) is 99.3 Å². The van der Waals surface area contributed by atoms with Crippen LogP contribution in [0.4, 0.5) is 5.00 Å². The number of rotatable bonds is 5. The summed E-state index contributed by atoms with van der Waals surface area (Å²) in [6.45, 7) is 3.81. The first kappa shape index (κ1) is 22.5. The van der Waals surface area contributed by atoms with Crippen molar-refractivity contribution in [2.45, 2.75) is 13.8 Å². The molecule has 35 heavy (non-hydrogen) atoms. The number of hydrogen-bond donors (Lipinski definition) is 1. The number of fused-ring (bicyclic) bond motifs is 2. The number of thiophene rings is 1. The molecule has 8 heteroatoms. The first-order valence-electron chi connectivity index (χ1n) is 11.0. The average Bonchev–Trinajstić information content (AvgIpc) is 3.29. The SMILES string of the molecule is CCOC(=O)c1nn(-c2ccc(C)cc2)c(=O)c2c(NC(=O)c3ccc4ccccc4c3)scc12. The zero-order valence-electron chi connectivity index (χ0n) is 19.1. The molecule has 2 heterocycles.